The Hall–Kier alpha value is -1.44. The van der Waals surface area contributed by atoms with Crippen molar-refractivity contribution in [3.05, 3.63) is 35.4 Å². The van der Waals surface area contributed by atoms with Crippen molar-refractivity contribution in [2.45, 2.75) is 19.4 Å². The molecular weight excluding hydrogens is 268 g/mol. The Morgan fingerprint density at radius 2 is 1.79 bits per heavy atom. The summed E-state index contributed by atoms with van der Waals surface area (Å²) in [6, 6.07) is 7.44. The summed E-state index contributed by atoms with van der Waals surface area (Å²) in [4.78, 5) is 10.3. The number of hydrogen-bond donors (Lipinski definition) is 3. The van der Waals surface area contributed by atoms with E-state index in [1.807, 2.05) is 24.3 Å². The van der Waals surface area contributed by atoms with Gasteiger partial charge in [0.2, 0.25) is 10.0 Å². The van der Waals surface area contributed by atoms with Crippen LogP contribution in [0.2, 0.25) is 0 Å². The van der Waals surface area contributed by atoms with Gasteiger partial charge >= 0.3 is 5.97 Å². The monoisotopic (exact) mass is 286 g/mol. The van der Waals surface area contributed by atoms with Gasteiger partial charge < -0.3 is 10.8 Å². The molecule has 4 N–H and O–H groups in total. The number of carboxylic acids is 1. The van der Waals surface area contributed by atoms with Crippen LogP contribution in [0.5, 0.6) is 0 Å². The van der Waals surface area contributed by atoms with Crippen LogP contribution in [-0.2, 0) is 27.8 Å². The Kier molecular flexibility index (Phi) is 5.94. The van der Waals surface area contributed by atoms with Crippen LogP contribution in [0.1, 0.15) is 17.5 Å². The molecule has 0 saturated carbocycles. The van der Waals surface area contributed by atoms with Crippen molar-refractivity contribution in [3.63, 3.8) is 0 Å². The van der Waals surface area contributed by atoms with E-state index in [0.29, 0.717) is 6.54 Å². The molecule has 7 heteroatoms. The van der Waals surface area contributed by atoms with Gasteiger partial charge in [-0.3, -0.25) is 4.79 Å². The summed E-state index contributed by atoms with van der Waals surface area (Å²) in [6.07, 6.45) is 0.384. The molecule has 0 spiro atoms. The van der Waals surface area contributed by atoms with Crippen LogP contribution in [0.3, 0.4) is 0 Å². The van der Waals surface area contributed by atoms with Crippen molar-refractivity contribution in [1.82, 2.24) is 4.72 Å². The van der Waals surface area contributed by atoms with Crippen LogP contribution in [0.15, 0.2) is 24.3 Å². The third kappa shape index (κ3) is 6.32. The van der Waals surface area contributed by atoms with E-state index in [1.165, 1.54) is 0 Å². The van der Waals surface area contributed by atoms with Gasteiger partial charge in [0.15, 0.2) is 0 Å². The van der Waals surface area contributed by atoms with E-state index >= 15 is 0 Å². The van der Waals surface area contributed by atoms with Gasteiger partial charge in [-0.25, -0.2) is 13.1 Å². The molecule has 106 valence electrons. The molecule has 6 nitrogen and oxygen atoms in total. The largest absolute Gasteiger partial charge is 0.481 e. The average molecular weight is 286 g/mol. The molecule has 1 aromatic rings. The molecule has 0 amide bonds. The maximum absolute atomic E-state index is 11.5. The summed E-state index contributed by atoms with van der Waals surface area (Å²) in [5, 5.41) is 8.44. The Balaban J connectivity index is 2.49. The zero-order valence-electron chi connectivity index (χ0n) is 10.5. The fourth-order valence-electron chi connectivity index (χ4n) is 1.48. The molecule has 0 atom stereocenters. The third-order valence-corrected chi connectivity index (χ3v) is 3.86. The highest BCUT2D eigenvalue weighted by Crippen LogP contribution is 2.05. The van der Waals surface area contributed by atoms with Crippen molar-refractivity contribution < 1.29 is 18.3 Å². The van der Waals surface area contributed by atoms with Gasteiger partial charge in [-0.15, -0.1) is 0 Å². The quantitative estimate of drug-likeness (QED) is 0.627. The normalized spacial score (nSPS) is 11.4. The summed E-state index contributed by atoms with van der Waals surface area (Å²) >= 11 is 0. The van der Waals surface area contributed by atoms with E-state index in [-0.39, 0.29) is 6.54 Å². The zero-order chi connectivity index (χ0) is 14.3. The lowest BCUT2D eigenvalue weighted by Crippen LogP contribution is -2.27. The van der Waals surface area contributed by atoms with Gasteiger partial charge in [0.05, 0.1) is 12.2 Å². The van der Waals surface area contributed by atoms with E-state index in [0.717, 1.165) is 17.5 Å². The number of carbonyl (C=O) groups is 1. The first-order valence-electron chi connectivity index (χ1n) is 5.90. The molecular formula is C12H18N2O4S. The number of nitrogens with one attached hydrogen (secondary N) is 1. The molecule has 0 bridgehead atoms. The zero-order valence-corrected chi connectivity index (χ0v) is 11.3. The lowest BCUT2D eigenvalue weighted by Gasteiger charge is -2.06. The minimum Gasteiger partial charge on any atom is -0.481 e. The van der Waals surface area contributed by atoms with E-state index in [1.54, 1.807) is 0 Å². The van der Waals surface area contributed by atoms with Crippen molar-refractivity contribution in [2.75, 3.05) is 12.3 Å². The van der Waals surface area contributed by atoms with Crippen LogP contribution >= 0.6 is 0 Å². The molecule has 0 unspecified atom stereocenters. The Morgan fingerprint density at radius 1 is 1.21 bits per heavy atom. The second-order valence-corrected chi connectivity index (χ2v) is 6.07. The first kappa shape index (κ1) is 15.6. The van der Waals surface area contributed by atoms with Crippen LogP contribution in [0.25, 0.3) is 0 Å². The van der Waals surface area contributed by atoms with Crippen LogP contribution < -0.4 is 10.5 Å². The van der Waals surface area contributed by atoms with E-state index in [9.17, 15) is 13.2 Å². The molecule has 0 aliphatic carbocycles. The highest BCUT2D eigenvalue weighted by atomic mass is 32.2. The molecule has 0 fully saturated rings. The maximum Gasteiger partial charge on any atom is 0.304 e. The standard InChI is InChI=1S/C12H18N2O4S/c13-7-5-10-1-3-11(4-2-10)9-14-19(17,18)8-6-12(15)16/h1-4,14H,5-9,13H2,(H,15,16). The maximum atomic E-state index is 11.5. The van der Waals surface area contributed by atoms with Crippen molar-refractivity contribution in [1.29, 1.82) is 0 Å². The highest BCUT2D eigenvalue weighted by molar-refractivity contribution is 7.89. The molecule has 0 heterocycles. The van der Waals surface area contributed by atoms with Crippen molar-refractivity contribution >= 4 is 16.0 Å². The number of benzene rings is 1. The Labute approximate surface area is 112 Å². The first-order valence-corrected chi connectivity index (χ1v) is 7.55. The molecule has 0 aromatic heterocycles. The van der Waals surface area contributed by atoms with Crippen LogP contribution in [0.4, 0.5) is 0 Å². The second kappa shape index (κ2) is 7.22. The predicted octanol–water partition coefficient (Wildman–Crippen LogP) is 0.0819. The van der Waals surface area contributed by atoms with E-state index in [4.69, 9.17) is 10.8 Å². The van der Waals surface area contributed by atoms with Gasteiger partial charge in [-0.1, -0.05) is 24.3 Å². The molecule has 19 heavy (non-hydrogen) atoms. The van der Waals surface area contributed by atoms with Gasteiger partial charge in [0.1, 0.15) is 0 Å². The van der Waals surface area contributed by atoms with Gasteiger partial charge in [0.25, 0.3) is 0 Å². The molecule has 0 aliphatic heterocycles. The second-order valence-electron chi connectivity index (χ2n) is 4.14. The fourth-order valence-corrected chi connectivity index (χ4v) is 2.45. The Bertz CT molecular complexity index is 511. The third-order valence-electron chi connectivity index (χ3n) is 2.54. The van der Waals surface area contributed by atoms with Gasteiger partial charge in [0, 0.05) is 6.54 Å². The molecule has 0 aliphatic rings. The van der Waals surface area contributed by atoms with Crippen molar-refractivity contribution in [2.24, 2.45) is 5.73 Å². The summed E-state index contributed by atoms with van der Waals surface area (Å²) in [6.45, 7) is 0.728. The average Bonchev–Trinajstić information content (AvgIpc) is 2.36. The van der Waals surface area contributed by atoms with Crippen LogP contribution in [0, 0.1) is 0 Å². The summed E-state index contributed by atoms with van der Waals surface area (Å²) < 4.78 is 25.3. The topological polar surface area (TPSA) is 109 Å². The fraction of sp³-hybridized carbons (Fsp3) is 0.417. The lowest BCUT2D eigenvalue weighted by molar-refractivity contribution is -0.136. The molecule has 1 aromatic carbocycles. The smallest absolute Gasteiger partial charge is 0.304 e. The number of carboxylic acid groups (broad SMARTS) is 1. The minimum atomic E-state index is -3.55. The number of aliphatic carboxylic acids is 1. The summed E-state index contributed by atoms with van der Waals surface area (Å²) in [7, 11) is -3.55. The molecule has 0 saturated heterocycles. The number of hydrogen-bond acceptors (Lipinski definition) is 4. The lowest BCUT2D eigenvalue weighted by atomic mass is 10.1. The predicted molar refractivity (Wildman–Crippen MR) is 72.1 cm³/mol. The number of rotatable bonds is 8. The number of nitrogens with two attached hydrogens (primary N) is 1. The minimum absolute atomic E-state index is 0.158. The molecule has 0 radical (unpaired) electrons. The Morgan fingerprint density at radius 3 is 2.32 bits per heavy atom. The molecule has 1 rings (SSSR count). The highest BCUT2D eigenvalue weighted by Gasteiger charge is 2.12. The summed E-state index contributed by atoms with van der Waals surface area (Å²) in [5.41, 5.74) is 7.35. The van der Waals surface area contributed by atoms with E-state index < -0.39 is 28.2 Å². The van der Waals surface area contributed by atoms with Gasteiger partial charge in [-0.05, 0) is 24.1 Å². The van der Waals surface area contributed by atoms with E-state index in [2.05, 4.69) is 4.72 Å². The van der Waals surface area contributed by atoms with Crippen LogP contribution in [-0.4, -0.2) is 31.8 Å². The van der Waals surface area contributed by atoms with Crippen molar-refractivity contribution in [3.8, 4) is 0 Å². The summed E-state index contributed by atoms with van der Waals surface area (Å²) in [5.74, 6) is -1.54. The van der Waals surface area contributed by atoms with Gasteiger partial charge in [-0.2, -0.15) is 0 Å². The SMILES string of the molecule is NCCc1ccc(CNS(=O)(=O)CCC(=O)O)cc1. The first-order chi connectivity index (χ1) is 8.93. The number of sulfonamides is 1.